The van der Waals surface area contributed by atoms with Crippen molar-refractivity contribution in [1.29, 1.82) is 0 Å². The second-order valence-corrected chi connectivity index (χ2v) is 12.0. The van der Waals surface area contributed by atoms with E-state index in [1.54, 1.807) is 24.3 Å². The molecule has 0 fully saturated rings. The highest BCUT2D eigenvalue weighted by Gasteiger charge is 2.29. The van der Waals surface area contributed by atoms with Crippen molar-refractivity contribution in [1.82, 2.24) is 4.98 Å². The summed E-state index contributed by atoms with van der Waals surface area (Å²) in [6.07, 6.45) is 3.37. The zero-order chi connectivity index (χ0) is 26.6. The molecular weight excluding hydrogens is 504 g/mol. The van der Waals surface area contributed by atoms with Crippen molar-refractivity contribution in [2.45, 2.75) is 37.0 Å². The number of benzene rings is 4. The molecule has 0 bridgehead atoms. The fourth-order valence-corrected chi connectivity index (χ4v) is 6.97. The monoisotopic (exact) mass is 532 g/mol. The average Bonchev–Trinajstić information content (AvgIpc) is 3.63. The smallest absolute Gasteiger partial charge is 0.262 e. The molecule has 1 atom stereocenters. The lowest BCUT2D eigenvalue weighted by molar-refractivity contribution is 0.543. The molecule has 2 aromatic heterocycles. The largest absolute Gasteiger partial charge is 0.458 e. The van der Waals surface area contributed by atoms with Gasteiger partial charge < -0.3 is 9.40 Å². The van der Waals surface area contributed by atoms with E-state index in [-0.39, 0.29) is 10.8 Å². The Morgan fingerprint density at radius 1 is 0.821 bits per heavy atom. The van der Waals surface area contributed by atoms with Crippen molar-refractivity contribution in [3.63, 3.8) is 0 Å². The van der Waals surface area contributed by atoms with Gasteiger partial charge in [0.25, 0.3) is 10.0 Å². The van der Waals surface area contributed by atoms with Crippen LogP contribution in [0.5, 0.6) is 0 Å². The first-order chi connectivity index (χ1) is 19.0. The summed E-state index contributed by atoms with van der Waals surface area (Å²) >= 11 is 0. The fourth-order valence-electron chi connectivity index (χ4n) is 5.87. The summed E-state index contributed by atoms with van der Waals surface area (Å²) < 4.78 is 36.6. The number of fused-ring (bicyclic) bond motifs is 4. The predicted molar refractivity (Wildman–Crippen MR) is 156 cm³/mol. The summed E-state index contributed by atoms with van der Waals surface area (Å²) in [7, 11) is -3.86. The number of para-hydroxylation sites is 1. The molecule has 1 unspecified atom stereocenters. The Balaban J connectivity index is 1.42. The number of aryl methyl sites for hydroxylation is 3. The topological polar surface area (TPSA) is 75.1 Å². The number of aromatic nitrogens is 1. The molecule has 0 aliphatic heterocycles. The standard InChI is InChI=1S/C33H28N2O3S/c1-21-14-17-24(18-15-21)39(36,37)35-32-27-10-5-6-13-30(27)38-33(32)31(22-8-3-2-4-9-22)23-16-19-26-25-11-7-12-28(25)34-29(26)20-23/h2-6,8-10,13-20,31,34-35H,7,11-12H2,1H3. The molecule has 2 N–H and O–H groups in total. The van der Waals surface area contributed by atoms with E-state index in [2.05, 4.69) is 40.0 Å². The third-order valence-electron chi connectivity index (χ3n) is 7.79. The fraction of sp³-hybridized carbons (Fsp3) is 0.152. The number of nitrogens with one attached hydrogen (secondary N) is 2. The number of furan rings is 1. The van der Waals surface area contributed by atoms with E-state index in [1.807, 2.05) is 49.4 Å². The molecule has 1 aliphatic carbocycles. The van der Waals surface area contributed by atoms with Gasteiger partial charge in [-0.2, -0.15) is 0 Å². The van der Waals surface area contributed by atoms with Gasteiger partial charge in [-0.05, 0) is 73.2 Å². The summed E-state index contributed by atoms with van der Waals surface area (Å²) in [6, 6.07) is 31.1. The van der Waals surface area contributed by atoms with Crippen molar-refractivity contribution >= 4 is 37.6 Å². The summed E-state index contributed by atoms with van der Waals surface area (Å²) in [6.45, 7) is 1.94. The van der Waals surface area contributed by atoms with E-state index < -0.39 is 10.0 Å². The number of H-pyrrole nitrogens is 1. The van der Waals surface area contributed by atoms with E-state index in [1.165, 1.54) is 23.1 Å². The summed E-state index contributed by atoms with van der Waals surface area (Å²) in [5.41, 5.74) is 8.00. The van der Waals surface area contributed by atoms with Crippen LogP contribution in [0.2, 0.25) is 0 Å². The molecule has 6 heteroatoms. The molecule has 7 rings (SSSR count). The van der Waals surface area contributed by atoms with Crippen LogP contribution in [0.4, 0.5) is 5.69 Å². The Morgan fingerprint density at radius 3 is 2.41 bits per heavy atom. The van der Waals surface area contributed by atoms with Crippen molar-refractivity contribution in [2.24, 2.45) is 0 Å². The molecule has 194 valence electrons. The predicted octanol–water partition coefficient (Wildman–Crippen LogP) is 7.69. The van der Waals surface area contributed by atoms with Crippen LogP contribution < -0.4 is 4.72 Å². The van der Waals surface area contributed by atoms with Crippen molar-refractivity contribution in [2.75, 3.05) is 4.72 Å². The average molecular weight is 533 g/mol. The summed E-state index contributed by atoms with van der Waals surface area (Å²) in [4.78, 5) is 3.85. The SMILES string of the molecule is Cc1ccc(S(=O)(=O)Nc2c(C(c3ccccc3)c3ccc4c5c([nH]c4c3)CCC5)oc3ccccc23)cc1. The maximum absolute atomic E-state index is 13.6. The highest BCUT2D eigenvalue weighted by molar-refractivity contribution is 7.92. The van der Waals surface area contributed by atoms with E-state index >= 15 is 0 Å². The minimum Gasteiger partial charge on any atom is -0.458 e. The minimum atomic E-state index is -3.86. The first-order valence-corrected chi connectivity index (χ1v) is 14.8. The van der Waals surface area contributed by atoms with Gasteiger partial charge in [0.15, 0.2) is 0 Å². The molecule has 4 aromatic carbocycles. The quantitative estimate of drug-likeness (QED) is 0.231. The third kappa shape index (κ3) is 4.12. The van der Waals surface area contributed by atoms with E-state index in [0.717, 1.165) is 40.4 Å². The Kier molecular flexibility index (Phi) is 5.60. The molecule has 0 saturated carbocycles. The van der Waals surface area contributed by atoms with E-state index in [9.17, 15) is 8.42 Å². The first kappa shape index (κ1) is 23.8. The number of rotatable bonds is 6. The normalized spacial score (nSPS) is 14.1. The number of aromatic amines is 1. The number of sulfonamides is 1. The zero-order valence-corrected chi connectivity index (χ0v) is 22.4. The van der Waals surface area contributed by atoms with Gasteiger partial charge in [0.1, 0.15) is 11.3 Å². The Hall–Kier alpha value is -4.29. The second-order valence-electron chi connectivity index (χ2n) is 10.3. The molecule has 0 radical (unpaired) electrons. The van der Waals surface area contributed by atoms with Gasteiger partial charge >= 0.3 is 0 Å². The lowest BCUT2D eigenvalue weighted by Gasteiger charge is -2.19. The Morgan fingerprint density at radius 2 is 1.59 bits per heavy atom. The van der Waals surface area contributed by atoms with Gasteiger partial charge in [-0.3, -0.25) is 4.72 Å². The first-order valence-electron chi connectivity index (χ1n) is 13.3. The molecule has 2 heterocycles. The van der Waals surface area contributed by atoms with Crippen LogP contribution in [0.15, 0.2) is 106 Å². The summed E-state index contributed by atoms with van der Waals surface area (Å²) in [5, 5.41) is 1.99. The van der Waals surface area contributed by atoms with Gasteiger partial charge in [0.2, 0.25) is 0 Å². The maximum Gasteiger partial charge on any atom is 0.262 e. The van der Waals surface area contributed by atoms with Crippen molar-refractivity contribution in [3.8, 4) is 0 Å². The van der Waals surface area contributed by atoms with Crippen molar-refractivity contribution < 1.29 is 12.8 Å². The maximum atomic E-state index is 13.6. The van der Waals surface area contributed by atoms with E-state index in [4.69, 9.17) is 4.42 Å². The third-order valence-corrected chi connectivity index (χ3v) is 9.16. The van der Waals surface area contributed by atoms with Crippen LogP contribution >= 0.6 is 0 Å². The zero-order valence-electron chi connectivity index (χ0n) is 21.6. The van der Waals surface area contributed by atoms with Crippen LogP contribution in [-0.4, -0.2) is 13.4 Å². The Labute approximate surface area is 227 Å². The van der Waals surface area contributed by atoms with Crippen molar-refractivity contribution in [3.05, 3.63) is 131 Å². The van der Waals surface area contributed by atoms with E-state index in [0.29, 0.717) is 17.0 Å². The highest BCUT2D eigenvalue weighted by atomic mass is 32.2. The molecular formula is C33H28N2O3S. The van der Waals surface area contributed by atoms with Crippen LogP contribution in [0, 0.1) is 6.92 Å². The molecule has 0 amide bonds. The van der Waals surface area contributed by atoms with Crippen LogP contribution in [0.3, 0.4) is 0 Å². The lowest BCUT2D eigenvalue weighted by atomic mass is 9.87. The Bertz CT molecular complexity index is 1930. The minimum absolute atomic E-state index is 0.211. The number of hydrogen-bond acceptors (Lipinski definition) is 3. The highest BCUT2D eigenvalue weighted by Crippen LogP contribution is 2.43. The summed E-state index contributed by atoms with van der Waals surface area (Å²) in [5.74, 6) is 0.244. The lowest BCUT2D eigenvalue weighted by Crippen LogP contribution is -2.15. The van der Waals surface area contributed by atoms with Gasteiger partial charge in [0, 0.05) is 22.0 Å². The molecule has 39 heavy (non-hydrogen) atoms. The molecule has 6 aromatic rings. The van der Waals surface area contributed by atoms with Crippen LogP contribution in [0.1, 0.15) is 46.0 Å². The second kappa shape index (κ2) is 9.17. The van der Waals surface area contributed by atoms with Gasteiger partial charge in [-0.1, -0.05) is 72.3 Å². The van der Waals surface area contributed by atoms with Gasteiger partial charge in [-0.15, -0.1) is 0 Å². The number of hydrogen-bond donors (Lipinski definition) is 2. The number of anilines is 1. The van der Waals surface area contributed by atoms with Crippen LogP contribution in [-0.2, 0) is 22.9 Å². The molecule has 5 nitrogen and oxygen atoms in total. The molecule has 1 aliphatic rings. The molecule has 0 spiro atoms. The van der Waals surface area contributed by atoms with Crippen LogP contribution in [0.25, 0.3) is 21.9 Å². The molecule has 0 saturated heterocycles. The van der Waals surface area contributed by atoms with Gasteiger partial charge in [-0.25, -0.2) is 8.42 Å². The van der Waals surface area contributed by atoms with Gasteiger partial charge in [0.05, 0.1) is 16.5 Å².